The van der Waals surface area contributed by atoms with Crippen LogP contribution < -0.4 is 10.6 Å². The molecular formula is C15H17N3. The Kier molecular flexibility index (Phi) is 2.89. The van der Waals surface area contributed by atoms with Gasteiger partial charge in [-0.2, -0.15) is 0 Å². The van der Waals surface area contributed by atoms with E-state index in [0.717, 1.165) is 30.2 Å². The molecule has 3 heteroatoms. The fourth-order valence-corrected chi connectivity index (χ4v) is 2.31. The van der Waals surface area contributed by atoms with Gasteiger partial charge in [0.2, 0.25) is 0 Å². The van der Waals surface area contributed by atoms with Crippen LogP contribution in [0.5, 0.6) is 0 Å². The van der Waals surface area contributed by atoms with Crippen molar-refractivity contribution in [3.05, 3.63) is 47.7 Å². The van der Waals surface area contributed by atoms with Gasteiger partial charge in [-0.05, 0) is 55.7 Å². The molecule has 0 spiro atoms. The number of fused-ring (bicyclic) bond motifs is 1. The lowest BCUT2D eigenvalue weighted by Gasteiger charge is -2.19. The average molecular weight is 239 g/mol. The van der Waals surface area contributed by atoms with E-state index in [-0.39, 0.29) is 0 Å². The molecule has 1 aliphatic rings. The molecule has 3 nitrogen and oxygen atoms in total. The molecule has 3 rings (SSSR count). The van der Waals surface area contributed by atoms with Crippen molar-refractivity contribution < 1.29 is 0 Å². The molecule has 0 saturated carbocycles. The number of rotatable bonds is 2. The summed E-state index contributed by atoms with van der Waals surface area (Å²) >= 11 is 0. The molecule has 0 unspecified atom stereocenters. The van der Waals surface area contributed by atoms with E-state index < -0.39 is 0 Å². The summed E-state index contributed by atoms with van der Waals surface area (Å²) in [7, 11) is 0. The Balaban J connectivity index is 1.85. The molecule has 1 aromatic carbocycles. The smallest absolute Gasteiger partial charge is 0.130 e. The third kappa shape index (κ3) is 2.30. The van der Waals surface area contributed by atoms with Crippen LogP contribution in [0.4, 0.5) is 17.2 Å². The van der Waals surface area contributed by atoms with Gasteiger partial charge in [-0.1, -0.05) is 6.07 Å². The van der Waals surface area contributed by atoms with Crippen molar-refractivity contribution in [2.24, 2.45) is 0 Å². The third-order valence-corrected chi connectivity index (χ3v) is 3.20. The van der Waals surface area contributed by atoms with Crippen LogP contribution in [0.2, 0.25) is 0 Å². The van der Waals surface area contributed by atoms with E-state index in [1.54, 1.807) is 0 Å². The van der Waals surface area contributed by atoms with Crippen LogP contribution in [0, 0.1) is 6.92 Å². The van der Waals surface area contributed by atoms with Crippen LogP contribution in [-0.4, -0.2) is 11.5 Å². The summed E-state index contributed by atoms with van der Waals surface area (Å²) in [5.74, 6) is 0.902. The van der Waals surface area contributed by atoms with Crippen molar-refractivity contribution in [3.8, 4) is 0 Å². The van der Waals surface area contributed by atoms with Gasteiger partial charge in [-0.25, -0.2) is 4.98 Å². The molecule has 2 N–H and O–H groups in total. The minimum absolute atomic E-state index is 0.902. The van der Waals surface area contributed by atoms with Crippen LogP contribution >= 0.6 is 0 Å². The summed E-state index contributed by atoms with van der Waals surface area (Å²) in [5.41, 5.74) is 4.79. The number of benzene rings is 1. The number of anilines is 3. The third-order valence-electron chi connectivity index (χ3n) is 3.20. The topological polar surface area (TPSA) is 37.0 Å². The lowest BCUT2D eigenvalue weighted by atomic mass is 10.0. The number of aromatic nitrogens is 1. The fourth-order valence-electron chi connectivity index (χ4n) is 2.31. The molecule has 0 saturated heterocycles. The van der Waals surface area contributed by atoms with Crippen molar-refractivity contribution in [1.82, 2.24) is 4.98 Å². The zero-order chi connectivity index (χ0) is 12.4. The average Bonchev–Trinajstić information content (AvgIpc) is 2.39. The molecule has 0 aliphatic carbocycles. The summed E-state index contributed by atoms with van der Waals surface area (Å²) < 4.78 is 0. The van der Waals surface area contributed by atoms with Crippen LogP contribution in [0.15, 0.2) is 36.4 Å². The van der Waals surface area contributed by atoms with Crippen molar-refractivity contribution in [2.45, 2.75) is 19.8 Å². The van der Waals surface area contributed by atoms with Crippen molar-refractivity contribution in [2.75, 3.05) is 17.2 Å². The Labute approximate surface area is 107 Å². The maximum atomic E-state index is 4.45. The van der Waals surface area contributed by atoms with Gasteiger partial charge in [-0.3, -0.25) is 0 Å². The number of pyridine rings is 1. The molecule has 2 aromatic rings. The molecule has 0 atom stereocenters. The van der Waals surface area contributed by atoms with E-state index in [0.29, 0.717) is 0 Å². The first-order valence-electron chi connectivity index (χ1n) is 6.39. The van der Waals surface area contributed by atoms with Gasteiger partial charge in [0.15, 0.2) is 0 Å². The second kappa shape index (κ2) is 4.69. The molecule has 0 radical (unpaired) electrons. The summed E-state index contributed by atoms with van der Waals surface area (Å²) in [5, 5.41) is 6.78. The highest BCUT2D eigenvalue weighted by Crippen LogP contribution is 2.26. The summed E-state index contributed by atoms with van der Waals surface area (Å²) in [6.45, 7) is 3.08. The highest BCUT2D eigenvalue weighted by atomic mass is 15.0. The SMILES string of the molecule is Cc1cccc(Nc2ccc3c(c2)CCCN3)n1. The minimum atomic E-state index is 0.902. The Morgan fingerprint density at radius 2 is 2.17 bits per heavy atom. The predicted molar refractivity (Wildman–Crippen MR) is 75.5 cm³/mol. The fraction of sp³-hybridized carbons (Fsp3) is 0.267. The normalized spacial score (nSPS) is 13.6. The van der Waals surface area contributed by atoms with Gasteiger partial charge in [-0.15, -0.1) is 0 Å². The number of hydrogen-bond donors (Lipinski definition) is 2. The molecule has 0 fully saturated rings. The van der Waals surface area contributed by atoms with E-state index in [1.807, 2.05) is 25.1 Å². The summed E-state index contributed by atoms with van der Waals surface area (Å²) in [4.78, 5) is 4.45. The first kappa shape index (κ1) is 11.1. The molecule has 1 aromatic heterocycles. The van der Waals surface area contributed by atoms with Crippen molar-refractivity contribution in [1.29, 1.82) is 0 Å². The number of nitrogens with one attached hydrogen (secondary N) is 2. The quantitative estimate of drug-likeness (QED) is 0.842. The lowest BCUT2D eigenvalue weighted by molar-refractivity contribution is 0.830. The Morgan fingerprint density at radius 3 is 3.06 bits per heavy atom. The highest BCUT2D eigenvalue weighted by molar-refractivity contribution is 5.64. The molecule has 0 bridgehead atoms. The van der Waals surface area contributed by atoms with Gasteiger partial charge in [0.1, 0.15) is 5.82 Å². The van der Waals surface area contributed by atoms with E-state index in [2.05, 4.69) is 33.8 Å². The van der Waals surface area contributed by atoms with Gasteiger partial charge in [0.25, 0.3) is 0 Å². The van der Waals surface area contributed by atoms with Crippen LogP contribution in [0.1, 0.15) is 17.7 Å². The standard InChI is InChI=1S/C15H17N3/c1-11-4-2-6-15(17-11)18-13-7-8-14-12(10-13)5-3-9-16-14/h2,4,6-8,10,16H,3,5,9H2,1H3,(H,17,18). The van der Waals surface area contributed by atoms with Gasteiger partial charge in [0.05, 0.1) is 0 Å². The van der Waals surface area contributed by atoms with Crippen molar-refractivity contribution in [3.63, 3.8) is 0 Å². The Bertz CT molecular complexity index is 563. The number of aryl methyl sites for hydroxylation is 2. The first-order valence-corrected chi connectivity index (χ1v) is 6.39. The van der Waals surface area contributed by atoms with Crippen LogP contribution in [-0.2, 0) is 6.42 Å². The Morgan fingerprint density at radius 1 is 1.22 bits per heavy atom. The molecule has 18 heavy (non-hydrogen) atoms. The largest absolute Gasteiger partial charge is 0.385 e. The lowest BCUT2D eigenvalue weighted by Crippen LogP contribution is -2.11. The number of hydrogen-bond acceptors (Lipinski definition) is 3. The molecular weight excluding hydrogens is 222 g/mol. The zero-order valence-corrected chi connectivity index (χ0v) is 10.5. The summed E-state index contributed by atoms with van der Waals surface area (Å²) in [6.07, 6.45) is 2.36. The highest BCUT2D eigenvalue weighted by Gasteiger charge is 2.08. The predicted octanol–water partition coefficient (Wildman–Crippen LogP) is 3.49. The minimum Gasteiger partial charge on any atom is -0.385 e. The van der Waals surface area contributed by atoms with E-state index in [4.69, 9.17) is 0 Å². The van der Waals surface area contributed by atoms with Gasteiger partial charge < -0.3 is 10.6 Å². The molecule has 1 aliphatic heterocycles. The first-order chi connectivity index (χ1) is 8.81. The molecule has 2 heterocycles. The molecule has 0 amide bonds. The van der Waals surface area contributed by atoms with E-state index in [9.17, 15) is 0 Å². The summed E-state index contributed by atoms with van der Waals surface area (Å²) in [6, 6.07) is 12.5. The van der Waals surface area contributed by atoms with Crippen molar-refractivity contribution >= 4 is 17.2 Å². The van der Waals surface area contributed by atoms with Crippen LogP contribution in [0.25, 0.3) is 0 Å². The maximum absolute atomic E-state index is 4.45. The van der Waals surface area contributed by atoms with E-state index in [1.165, 1.54) is 17.7 Å². The maximum Gasteiger partial charge on any atom is 0.130 e. The Hall–Kier alpha value is -2.03. The van der Waals surface area contributed by atoms with Gasteiger partial charge >= 0.3 is 0 Å². The molecule has 92 valence electrons. The second-order valence-electron chi connectivity index (χ2n) is 4.69. The van der Waals surface area contributed by atoms with E-state index >= 15 is 0 Å². The second-order valence-corrected chi connectivity index (χ2v) is 4.69. The zero-order valence-electron chi connectivity index (χ0n) is 10.5. The van der Waals surface area contributed by atoms with Crippen LogP contribution in [0.3, 0.4) is 0 Å². The number of nitrogens with zero attached hydrogens (tertiary/aromatic N) is 1. The monoisotopic (exact) mass is 239 g/mol. The van der Waals surface area contributed by atoms with Gasteiger partial charge in [0, 0.05) is 23.6 Å².